The Bertz CT molecular complexity index is 1270. The molecule has 2 heterocycles. The second kappa shape index (κ2) is 9.44. The lowest BCUT2D eigenvalue weighted by Gasteiger charge is -2.26. The van der Waals surface area contributed by atoms with Crippen molar-refractivity contribution >= 4 is 16.7 Å². The van der Waals surface area contributed by atoms with Crippen molar-refractivity contribution in [1.29, 1.82) is 0 Å². The number of rotatable bonds is 7. The molecule has 0 spiro atoms. The van der Waals surface area contributed by atoms with E-state index in [2.05, 4.69) is 34.3 Å². The summed E-state index contributed by atoms with van der Waals surface area (Å²) in [5.41, 5.74) is 2.81. The van der Waals surface area contributed by atoms with Gasteiger partial charge in [0.05, 0.1) is 25.1 Å². The van der Waals surface area contributed by atoms with Crippen molar-refractivity contribution in [1.82, 2.24) is 14.7 Å². The first kappa shape index (κ1) is 21.2. The number of aromatic nitrogens is 2. The Kier molecular flexibility index (Phi) is 6.06. The maximum absolute atomic E-state index is 11.9. The molecule has 4 aromatic rings. The molecular formula is C26H25N3O4. The van der Waals surface area contributed by atoms with Crippen LogP contribution in [0.15, 0.2) is 72.9 Å². The molecule has 1 aliphatic heterocycles. The monoisotopic (exact) mass is 443 g/mol. The van der Waals surface area contributed by atoms with Crippen LogP contribution in [0.3, 0.4) is 0 Å². The van der Waals surface area contributed by atoms with Gasteiger partial charge in [0.1, 0.15) is 12.2 Å². The summed E-state index contributed by atoms with van der Waals surface area (Å²) in [6.45, 7) is 4.16. The summed E-state index contributed by atoms with van der Waals surface area (Å²) >= 11 is 0. The Hall–Kier alpha value is -3.68. The number of ether oxygens (including phenoxy) is 2. The summed E-state index contributed by atoms with van der Waals surface area (Å²) in [6.07, 6.45) is 1.35. The van der Waals surface area contributed by atoms with Gasteiger partial charge in [-0.1, -0.05) is 60.7 Å². The Balaban J connectivity index is 1.53. The van der Waals surface area contributed by atoms with Gasteiger partial charge in [-0.3, -0.25) is 4.90 Å². The molecule has 3 aromatic carbocycles. The molecule has 168 valence electrons. The summed E-state index contributed by atoms with van der Waals surface area (Å²) in [5, 5.41) is 16.4. The first-order chi connectivity index (χ1) is 16.2. The van der Waals surface area contributed by atoms with Gasteiger partial charge in [-0.25, -0.2) is 4.79 Å². The highest BCUT2D eigenvalue weighted by atomic mass is 16.5. The number of aromatic carboxylic acids is 1. The summed E-state index contributed by atoms with van der Waals surface area (Å²) < 4.78 is 13.0. The van der Waals surface area contributed by atoms with Crippen molar-refractivity contribution in [3.63, 3.8) is 0 Å². The zero-order valence-electron chi connectivity index (χ0n) is 18.2. The lowest BCUT2D eigenvalue weighted by molar-refractivity contribution is 0.0317. The summed E-state index contributed by atoms with van der Waals surface area (Å²) in [6, 6.07) is 22.2. The molecule has 1 saturated heterocycles. The number of morpholine rings is 1. The van der Waals surface area contributed by atoms with Crippen LogP contribution in [0.4, 0.5) is 0 Å². The second-order valence-electron chi connectivity index (χ2n) is 7.93. The van der Waals surface area contributed by atoms with E-state index in [1.165, 1.54) is 6.20 Å². The number of fused-ring (bicyclic) bond motifs is 1. The fourth-order valence-corrected chi connectivity index (χ4v) is 4.24. The largest absolute Gasteiger partial charge is 0.477 e. The maximum Gasteiger partial charge on any atom is 0.342 e. The van der Waals surface area contributed by atoms with Crippen LogP contribution < -0.4 is 4.74 Å². The van der Waals surface area contributed by atoms with E-state index in [-0.39, 0.29) is 11.4 Å². The first-order valence-corrected chi connectivity index (χ1v) is 11.0. The number of hydrogen-bond donors (Lipinski definition) is 1. The fourth-order valence-electron chi connectivity index (χ4n) is 4.24. The maximum atomic E-state index is 11.9. The third kappa shape index (κ3) is 4.33. The molecule has 7 nitrogen and oxygen atoms in total. The van der Waals surface area contributed by atoms with E-state index in [0.29, 0.717) is 26.4 Å². The molecule has 1 aliphatic rings. The van der Waals surface area contributed by atoms with E-state index >= 15 is 0 Å². The predicted octanol–water partition coefficient (Wildman–Crippen LogP) is 4.10. The molecule has 7 heteroatoms. The molecule has 1 fully saturated rings. The van der Waals surface area contributed by atoms with Crippen molar-refractivity contribution in [3.8, 4) is 22.7 Å². The molecule has 33 heavy (non-hydrogen) atoms. The van der Waals surface area contributed by atoms with Crippen LogP contribution in [0, 0.1) is 0 Å². The van der Waals surface area contributed by atoms with E-state index in [1.807, 2.05) is 42.5 Å². The highest BCUT2D eigenvalue weighted by Gasteiger charge is 2.22. The van der Waals surface area contributed by atoms with Gasteiger partial charge < -0.3 is 14.6 Å². The van der Waals surface area contributed by atoms with Gasteiger partial charge in [-0.05, 0) is 22.4 Å². The number of benzene rings is 3. The topological polar surface area (TPSA) is 76.8 Å². The molecule has 0 unspecified atom stereocenters. The number of para-hydroxylation sites is 1. The summed E-state index contributed by atoms with van der Waals surface area (Å²) in [7, 11) is 0. The van der Waals surface area contributed by atoms with Gasteiger partial charge in [0.15, 0.2) is 0 Å². The van der Waals surface area contributed by atoms with Gasteiger partial charge >= 0.3 is 5.97 Å². The molecular weight excluding hydrogens is 418 g/mol. The molecule has 0 atom stereocenters. The average molecular weight is 444 g/mol. The first-order valence-electron chi connectivity index (χ1n) is 11.0. The number of carboxylic acids is 1. The zero-order chi connectivity index (χ0) is 22.6. The van der Waals surface area contributed by atoms with Crippen LogP contribution in [0.2, 0.25) is 0 Å². The lowest BCUT2D eigenvalue weighted by atomic mass is 9.97. The van der Waals surface area contributed by atoms with Gasteiger partial charge in [0.2, 0.25) is 5.88 Å². The Morgan fingerprint density at radius 2 is 1.70 bits per heavy atom. The van der Waals surface area contributed by atoms with Crippen LogP contribution in [0.1, 0.15) is 10.4 Å². The zero-order valence-corrected chi connectivity index (χ0v) is 18.2. The third-order valence-corrected chi connectivity index (χ3v) is 5.92. The lowest BCUT2D eigenvalue weighted by Crippen LogP contribution is -2.38. The van der Waals surface area contributed by atoms with E-state index in [0.717, 1.165) is 40.7 Å². The van der Waals surface area contributed by atoms with E-state index in [4.69, 9.17) is 9.47 Å². The molecule has 1 aromatic heterocycles. The van der Waals surface area contributed by atoms with Gasteiger partial charge in [0, 0.05) is 25.2 Å². The van der Waals surface area contributed by atoms with Crippen molar-refractivity contribution in [2.75, 3.05) is 39.5 Å². The van der Waals surface area contributed by atoms with Gasteiger partial charge in [0.25, 0.3) is 0 Å². The molecule has 0 saturated carbocycles. The number of hydrogen-bond acceptors (Lipinski definition) is 5. The second-order valence-corrected chi connectivity index (χ2v) is 7.93. The summed E-state index contributed by atoms with van der Waals surface area (Å²) in [5.74, 6) is -0.825. The fraction of sp³-hybridized carbons (Fsp3) is 0.231. The normalized spacial score (nSPS) is 14.4. The minimum absolute atomic E-state index is 0.0460. The van der Waals surface area contributed by atoms with Crippen LogP contribution >= 0.6 is 0 Å². The highest BCUT2D eigenvalue weighted by Crippen LogP contribution is 2.35. The van der Waals surface area contributed by atoms with Crippen LogP contribution in [-0.2, 0) is 4.74 Å². The Morgan fingerprint density at radius 1 is 0.970 bits per heavy atom. The van der Waals surface area contributed by atoms with Crippen molar-refractivity contribution < 1.29 is 19.4 Å². The quantitative estimate of drug-likeness (QED) is 0.463. The van der Waals surface area contributed by atoms with E-state index < -0.39 is 5.97 Å². The minimum atomic E-state index is -1.06. The average Bonchev–Trinajstić information content (AvgIpc) is 3.28. The van der Waals surface area contributed by atoms with E-state index in [1.54, 1.807) is 4.68 Å². The standard InChI is InChI=1S/C26H25N3O4/c30-26(31)23-18-27-29(25(23)33-17-14-28-12-15-32-16-13-28)24-11-4-3-9-22(24)21-10-5-7-19-6-1-2-8-20(19)21/h1-11,18H,12-17H2,(H,30,31). The molecule has 0 amide bonds. The number of nitrogens with zero attached hydrogens (tertiary/aromatic N) is 3. The summed E-state index contributed by atoms with van der Waals surface area (Å²) in [4.78, 5) is 14.1. The van der Waals surface area contributed by atoms with Crippen molar-refractivity contribution in [3.05, 3.63) is 78.5 Å². The van der Waals surface area contributed by atoms with Crippen molar-refractivity contribution in [2.45, 2.75) is 0 Å². The van der Waals surface area contributed by atoms with Crippen LogP contribution in [0.25, 0.3) is 27.6 Å². The molecule has 5 rings (SSSR count). The van der Waals surface area contributed by atoms with Crippen molar-refractivity contribution in [2.24, 2.45) is 0 Å². The van der Waals surface area contributed by atoms with Crippen LogP contribution in [-0.4, -0.2) is 65.2 Å². The predicted molar refractivity (Wildman–Crippen MR) is 126 cm³/mol. The Labute approximate surface area is 191 Å². The van der Waals surface area contributed by atoms with Gasteiger partial charge in [-0.2, -0.15) is 9.78 Å². The third-order valence-electron chi connectivity index (χ3n) is 5.92. The molecule has 0 radical (unpaired) electrons. The number of carbonyl (C=O) groups is 1. The molecule has 0 aliphatic carbocycles. The van der Waals surface area contributed by atoms with Crippen LogP contribution in [0.5, 0.6) is 5.88 Å². The SMILES string of the molecule is O=C(O)c1cnn(-c2ccccc2-c2cccc3ccccc23)c1OCCN1CCOCC1. The van der Waals surface area contributed by atoms with Gasteiger partial charge in [-0.15, -0.1) is 0 Å². The highest BCUT2D eigenvalue weighted by molar-refractivity contribution is 5.98. The number of carboxylic acid groups (broad SMARTS) is 1. The smallest absolute Gasteiger partial charge is 0.342 e. The molecule has 1 N–H and O–H groups in total. The minimum Gasteiger partial charge on any atom is -0.477 e. The Morgan fingerprint density at radius 3 is 2.55 bits per heavy atom. The van der Waals surface area contributed by atoms with E-state index in [9.17, 15) is 9.90 Å². The molecule has 0 bridgehead atoms.